The third kappa shape index (κ3) is 4.53. The summed E-state index contributed by atoms with van der Waals surface area (Å²) in [6.45, 7) is 0.403. The van der Waals surface area contributed by atoms with Crippen LogP contribution >= 0.6 is 31.9 Å². The lowest BCUT2D eigenvalue weighted by Gasteiger charge is -2.09. The third-order valence-corrected chi connectivity index (χ3v) is 4.00. The van der Waals surface area contributed by atoms with Crippen molar-refractivity contribution in [2.45, 2.75) is 0 Å². The number of hydrogen-bond acceptors (Lipinski definition) is 3. The van der Waals surface area contributed by atoms with Crippen LogP contribution in [0.2, 0.25) is 0 Å². The van der Waals surface area contributed by atoms with Gasteiger partial charge in [0.05, 0.1) is 11.4 Å². The van der Waals surface area contributed by atoms with E-state index < -0.39 is 9.84 Å². The van der Waals surface area contributed by atoms with E-state index in [4.69, 9.17) is 0 Å². The Morgan fingerprint density at radius 3 is 2.27 bits per heavy atom. The highest BCUT2D eigenvalue weighted by molar-refractivity contribution is 9.11. The van der Waals surface area contributed by atoms with Crippen LogP contribution in [0, 0.1) is 0 Å². The van der Waals surface area contributed by atoms with Gasteiger partial charge in [0, 0.05) is 21.7 Å². The lowest BCUT2D eigenvalue weighted by atomic mass is 10.3. The van der Waals surface area contributed by atoms with Crippen molar-refractivity contribution < 1.29 is 8.42 Å². The van der Waals surface area contributed by atoms with Crippen LogP contribution in [-0.2, 0) is 9.84 Å². The van der Waals surface area contributed by atoms with Gasteiger partial charge in [-0.2, -0.15) is 0 Å². The van der Waals surface area contributed by atoms with Crippen LogP contribution in [0.5, 0.6) is 0 Å². The largest absolute Gasteiger partial charge is 0.382 e. The summed E-state index contributed by atoms with van der Waals surface area (Å²) in [5.74, 6) is 0.126. The van der Waals surface area contributed by atoms with E-state index in [0.29, 0.717) is 6.54 Å². The van der Waals surface area contributed by atoms with Crippen molar-refractivity contribution in [3.63, 3.8) is 0 Å². The third-order valence-electron chi connectivity index (χ3n) is 1.74. The molecule has 1 aromatic rings. The second kappa shape index (κ2) is 5.32. The van der Waals surface area contributed by atoms with Gasteiger partial charge in [0.2, 0.25) is 0 Å². The molecule has 15 heavy (non-hydrogen) atoms. The zero-order valence-electron chi connectivity index (χ0n) is 8.13. The quantitative estimate of drug-likeness (QED) is 0.902. The predicted octanol–water partition coefficient (Wildman–Crippen LogP) is 2.67. The minimum absolute atomic E-state index is 0.126. The maximum absolute atomic E-state index is 10.9. The fourth-order valence-electron chi connectivity index (χ4n) is 1.03. The van der Waals surface area contributed by atoms with Gasteiger partial charge >= 0.3 is 0 Å². The minimum atomic E-state index is -2.91. The fraction of sp³-hybridized carbons (Fsp3) is 0.333. The number of rotatable bonds is 4. The molecular weight excluding hydrogens is 346 g/mol. The molecule has 6 heteroatoms. The Balaban J connectivity index is 2.66. The molecule has 3 nitrogen and oxygen atoms in total. The molecule has 0 amide bonds. The van der Waals surface area contributed by atoms with E-state index in [1.54, 1.807) is 0 Å². The van der Waals surface area contributed by atoms with Crippen molar-refractivity contribution >= 4 is 47.4 Å². The van der Waals surface area contributed by atoms with Crippen LogP contribution < -0.4 is 5.32 Å². The topological polar surface area (TPSA) is 46.2 Å². The highest BCUT2D eigenvalue weighted by atomic mass is 79.9. The molecule has 0 saturated heterocycles. The Kier molecular flexibility index (Phi) is 4.61. The summed E-state index contributed by atoms with van der Waals surface area (Å²) in [4.78, 5) is 0. The first-order chi connectivity index (χ1) is 6.90. The van der Waals surface area contributed by atoms with Crippen molar-refractivity contribution in [3.05, 3.63) is 27.1 Å². The lowest BCUT2D eigenvalue weighted by Crippen LogP contribution is -2.14. The molecule has 0 aliphatic heterocycles. The number of benzene rings is 1. The molecule has 0 heterocycles. The first kappa shape index (κ1) is 13.0. The molecule has 0 unspecified atom stereocenters. The van der Waals surface area contributed by atoms with Crippen molar-refractivity contribution in [1.29, 1.82) is 0 Å². The maximum atomic E-state index is 10.9. The summed E-state index contributed by atoms with van der Waals surface area (Å²) in [5, 5.41) is 3.06. The van der Waals surface area contributed by atoms with E-state index in [0.717, 1.165) is 14.6 Å². The van der Waals surface area contributed by atoms with E-state index in [1.807, 2.05) is 18.2 Å². The second-order valence-corrected chi connectivity index (χ2v) is 7.12. The van der Waals surface area contributed by atoms with Gasteiger partial charge in [-0.1, -0.05) is 6.07 Å². The van der Waals surface area contributed by atoms with Crippen LogP contribution in [0.4, 0.5) is 5.69 Å². The second-order valence-electron chi connectivity index (χ2n) is 3.15. The molecule has 1 N–H and O–H groups in total. The molecule has 0 atom stereocenters. The van der Waals surface area contributed by atoms with Crippen LogP contribution in [0.3, 0.4) is 0 Å². The first-order valence-corrected chi connectivity index (χ1v) is 7.90. The van der Waals surface area contributed by atoms with E-state index in [9.17, 15) is 8.42 Å². The Morgan fingerprint density at radius 2 is 1.80 bits per heavy atom. The number of halogens is 2. The molecule has 0 spiro atoms. The van der Waals surface area contributed by atoms with Crippen molar-refractivity contribution in [2.24, 2.45) is 0 Å². The number of hydrogen-bond donors (Lipinski definition) is 1. The van der Waals surface area contributed by atoms with Crippen molar-refractivity contribution in [1.82, 2.24) is 0 Å². The van der Waals surface area contributed by atoms with Crippen LogP contribution in [-0.4, -0.2) is 27.0 Å². The Bertz CT molecular complexity index is 425. The smallest absolute Gasteiger partial charge is 0.149 e. The summed E-state index contributed by atoms with van der Waals surface area (Å²) in [6, 6.07) is 5.69. The Hall–Kier alpha value is -0.0700. The van der Waals surface area contributed by atoms with Gasteiger partial charge in [0.15, 0.2) is 0 Å². The normalized spacial score (nSPS) is 11.4. The SMILES string of the molecule is CS(=O)(=O)CCNc1c(Br)cccc1Br. The van der Waals surface area contributed by atoms with Crippen LogP contribution in [0.15, 0.2) is 27.1 Å². The predicted molar refractivity (Wildman–Crippen MR) is 70.0 cm³/mol. The minimum Gasteiger partial charge on any atom is -0.382 e. The average Bonchev–Trinajstić information content (AvgIpc) is 2.08. The molecule has 0 aromatic heterocycles. The van der Waals surface area contributed by atoms with Crippen LogP contribution in [0.1, 0.15) is 0 Å². The van der Waals surface area contributed by atoms with Gasteiger partial charge in [0.1, 0.15) is 9.84 Å². The number of nitrogens with one attached hydrogen (secondary N) is 1. The van der Waals surface area contributed by atoms with Gasteiger partial charge < -0.3 is 5.32 Å². The maximum Gasteiger partial charge on any atom is 0.149 e. The molecule has 1 aromatic carbocycles. The highest BCUT2D eigenvalue weighted by Crippen LogP contribution is 2.30. The summed E-state index contributed by atoms with van der Waals surface area (Å²) in [6.07, 6.45) is 1.23. The summed E-state index contributed by atoms with van der Waals surface area (Å²) < 4.78 is 23.7. The first-order valence-electron chi connectivity index (χ1n) is 4.26. The standard InChI is InChI=1S/C9H11Br2NO2S/c1-15(13,14)6-5-12-9-7(10)3-2-4-8(9)11/h2-4,12H,5-6H2,1H3. The van der Waals surface area contributed by atoms with Crippen molar-refractivity contribution in [3.8, 4) is 0 Å². The molecule has 0 fully saturated rings. The zero-order chi connectivity index (χ0) is 11.5. The number of para-hydroxylation sites is 1. The average molecular weight is 357 g/mol. The highest BCUT2D eigenvalue weighted by Gasteiger charge is 2.05. The van der Waals surface area contributed by atoms with Gasteiger partial charge in [-0.25, -0.2) is 8.42 Å². The Morgan fingerprint density at radius 1 is 1.27 bits per heavy atom. The summed E-state index contributed by atoms with van der Waals surface area (Å²) >= 11 is 6.77. The summed E-state index contributed by atoms with van der Waals surface area (Å²) in [7, 11) is -2.91. The number of sulfone groups is 1. The summed E-state index contributed by atoms with van der Waals surface area (Å²) in [5.41, 5.74) is 0.876. The van der Waals surface area contributed by atoms with E-state index in [-0.39, 0.29) is 5.75 Å². The van der Waals surface area contributed by atoms with E-state index in [2.05, 4.69) is 37.2 Å². The van der Waals surface area contributed by atoms with Crippen molar-refractivity contribution in [2.75, 3.05) is 23.9 Å². The fourth-order valence-corrected chi connectivity index (χ4v) is 2.78. The molecule has 1 rings (SSSR count). The van der Waals surface area contributed by atoms with Gasteiger partial charge in [-0.3, -0.25) is 0 Å². The molecular formula is C9H11Br2NO2S. The lowest BCUT2D eigenvalue weighted by molar-refractivity contribution is 0.602. The number of anilines is 1. The van der Waals surface area contributed by atoms with Crippen LogP contribution in [0.25, 0.3) is 0 Å². The molecule has 84 valence electrons. The monoisotopic (exact) mass is 355 g/mol. The van der Waals surface area contributed by atoms with Gasteiger partial charge in [0.25, 0.3) is 0 Å². The molecule has 0 aliphatic rings. The van der Waals surface area contributed by atoms with Gasteiger partial charge in [-0.15, -0.1) is 0 Å². The van der Waals surface area contributed by atoms with Gasteiger partial charge in [-0.05, 0) is 44.0 Å². The molecule has 0 saturated carbocycles. The van der Waals surface area contributed by atoms with E-state index >= 15 is 0 Å². The molecule has 0 aliphatic carbocycles. The Labute approximate surface area is 106 Å². The molecule has 0 radical (unpaired) electrons. The van der Waals surface area contributed by atoms with E-state index in [1.165, 1.54) is 6.26 Å². The zero-order valence-corrected chi connectivity index (χ0v) is 12.1. The molecule has 0 bridgehead atoms.